The maximum atomic E-state index is 10.7. The molecule has 0 aliphatic rings. The maximum absolute atomic E-state index is 10.7. The third kappa shape index (κ3) is 6.21. The quantitative estimate of drug-likeness (QED) is 0.237. The average Bonchev–Trinajstić information content (AvgIpc) is 2.81. The second-order valence-electron chi connectivity index (χ2n) is 6.68. The van der Waals surface area contributed by atoms with Crippen LogP contribution in [0.25, 0.3) is 0 Å². The molecule has 0 atom stereocenters. The van der Waals surface area contributed by atoms with E-state index >= 15 is 0 Å². The fourth-order valence-corrected chi connectivity index (χ4v) is 3.35. The van der Waals surface area contributed by atoms with Crippen LogP contribution in [0, 0.1) is 10.1 Å². The number of halogens is 1. The monoisotopic (exact) mass is 499 g/mol. The molecule has 0 fully saturated rings. The van der Waals surface area contributed by atoms with Crippen molar-refractivity contribution < 1.29 is 19.1 Å². The molecule has 9 heteroatoms. The third-order valence-corrected chi connectivity index (χ3v) is 5.15. The lowest BCUT2D eigenvalue weighted by atomic mass is 10.2. The maximum Gasteiger partial charge on any atom is 0.269 e. The normalized spacial score (nSPS) is 10.7. The van der Waals surface area contributed by atoms with Gasteiger partial charge in [0.25, 0.3) is 5.69 Å². The molecule has 3 aromatic carbocycles. The van der Waals surface area contributed by atoms with Crippen molar-refractivity contribution in [2.45, 2.75) is 13.2 Å². The fraction of sp³-hybridized carbons (Fsp3) is 0.174. The second kappa shape index (κ2) is 11.1. The first-order valence-electron chi connectivity index (χ1n) is 9.62. The van der Waals surface area contributed by atoms with E-state index in [4.69, 9.17) is 14.2 Å². The molecule has 0 amide bonds. The number of nitro groups is 1. The van der Waals surface area contributed by atoms with Crippen LogP contribution in [-0.4, -0.2) is 25.4 Å². The van der Waals surface area contributed by atoms with Gasteiger partial charge in [0.2, 0.25) is 0 Å². The molecule has 0 bridgehead atoms. The molecule has 0 unspecified atom stereocenters. The second-order valence-corrected chi connectivity index (χ2v) is 7.54. The molecule has 0 spiro atoms. The zero-order valence-electron chi connectivity index (χ0n) is 17.6. The van der Waals surface area contributed by atoms with Gasteiger partial charge < -0.3 is 19.6 Å². The number of nitrogens with one attached hydrogen (secondary N) is 1. The van der Waals surface area contributed by atoms with Crippen LogP contribution in [-0.2, 0) is 13.2 Å². The molecule has 166 valence electrons. The standard InChI is InChI=1S/C23H22BrN3O5/c1-30-22-10-6-18(12-23(22)31-2)14-26-25-13-17-5-9-21(20(24)11-17)32-15-16-3-7-19(8-4-16)27(28)29/h3-13,26H,14-15H2,1-2H3/b25-13+. The predicted octanol–water partition coefficient (Wildman–Crippen LogP) is 5.08. The van der Waals surface area contributed by atoms with Gasteiger partial charge in [-0.3, -0.25) is 10.1 Å². The van der Waals surface area contributed by atoms with Gasteiger partial charge in [-0.2, -0.15) is 5.10 Å². The predicted molar refractivity (Wildman–Crippen MR) is 126 cm³/mol. The number of ether oxygens (including phenoxy) is 3. The van der Waals surface area contributed by atoms with Crippen molar-refractivity contribution >= 4 is 27.8 Å². The minimum absolute atomic E-state index is 0.0540. The smallest absolute Gasteiger partial charge is 0.269 e. The highest BCUT2D eigenvalue weighted by Gasteiger charge is 2.07. The molecule has 0 aliphatic carbocycles. The van der Waals surface area contributed by atoms with Crippen LogP contribution in [0.3, 0.4) is 0 Å². The van der Waals surface area contributed by atoms with Gasteiger partial charge in [0.1, 0.15) is 12.4 Å². The van der Waals surface area contributed by atoms with Crippen LogP contribution in [0.2, 0.25) is 0 Å². The molecule has 32 heavy (non-hydrogen) atoms. The van der Waals surface area contributed by atoms with E-state index in [9.17, 15) is 10.1 Å². The van der Waals surface area contributed by atoms with Crippen LogP contribution < -0.4 is 19.6 Å². The van der Waals surface area contributed by atoms with Gasteiger partial charge in [-0.1, -0.05) is 6.07 Å². The first-order chi connectivity index (χ1) is 15.5. The van der Waals surface area contributed by atoms with E-state index in [1.54, 1.807) is 32.6 Å². The topological polar surface area (TPSA) is 95.2 Å². The summed E-state index contributed by atoms with van der Waals surface area (Å²) in [4.78, 5) is 10.3. The van der Waals surface area contributed by atoms with E-state index in [0.29, 0.717) is 30.4 Å². The molecule has 3 rings (SSSR count). The highest BCUT2D eigenvalue weighted by atomic mass is 79.9. The van der Waals surface area contributed by atoms with Crippen molar-refractivity contribution in [3.63, 3.8) is 0 Å². The van der Waals surface area contributed by atoms with Crippen LogP contribution in [0.15, 0.2) is 70.2 Å². The summed E-state index contributed by atoms with van der Waals surface area (Å²) >= 11 is 3.50. The summed E-state index contributed by atoms with van der Waals surface area (Å²) in [5, 5.41) is 15.0. The molecule has 1 N–H and O–H groups in total. The number of benzene rings is 3. The molecule has 0 aromatic heterocycles. The van der Waals surface area contributed by atoms with Gasteiger partial charge in [-0.15, -0.1) is 0 Å². The van der Waals surface area contributed by atoms with Crippen LogP contribution in [0.4, 0.5) is 5.69 Å². The molecular weight excluding hydrogens is 478 g/mol. The zero-order chi connectivity index (χ0) is 22.9. The number of hydrazone groups is 1. The molecule has 8 nitrogen and oxygen atoms in total. The minimum atomic E-state index is -0.426. The Morgan fingerprint density at radius 2 is 1.66 bits per heavy atom. The fourth-order valence-electron chi connectivity index (χ4n) is 2.84. The van der Waals surface area contributed by atoms with Crippen molar-refractivity contribution in [3.8, 4) is 17.2 Å². The Balaban J connectivity index is 1.53. The van der Waals surface area contributed by atoms with E-state index in [1.165, 1.54) is 12.1 Å². The Morgan fingerprint density at radius 1 is 0.969 bits per heavy atom. The number of non-ortho nitro benzene ring substituents is 1. The van der Waals surface area contributed by atoms with Crippen molar-refractivity contribution in [2.75, 3.05) is 14.2 Å². The van der Waals surface area contributed by atoms with Crippen molar-refractivity contribution in [1.82, 2.24) is 5.43 Å². The Labute approximate surface area is 194 Å². The van der Waals surface area contributed by atoms with Gasteiger partial charge in [0.05, 0.1) is 36.4 Å². The molecule has 0 aliphatic heterocycles. The number of hydrogen-bond donors (Lipinski definition) is 1. The third-order valence-electron chi connectivity index (χ3n) is 4.53. The largest absolute Gasteiger partial charge is 0.493 e. The summed E-state index contributed by atoms with van der Waals surface area (Å²) in [5.41, 5.74) is 5.80. The molecule has 0 heterocycles. The van der Waals surface area contributed by atoms with Gasteiger partial charge in [-0.25, -0.2) is 0 Å². The summed E-state index contributed by atoms with van der Waals surface area (Å²) in [6.07, 6.45) is 1.71. The van der Waals surface area contributed by atoms with E-state index in [0.717, 1.165) is 21.2 Å². The Kier molecular flexibility index (Phi) is 8.04. The average molecular weight is 500 g/mol. The lowest BCUT2D eigenvalue weighted by molar-refractivity contribution is -0.384. The summed E-state index contributed by atoms with van der Waals surface area (Å²) < 4.78 is 17.1. The van der Waals surface area contributed by atoms with Gasteiger partial charge in [0.15, 0.2) is 11.5 Å². The van der Waals surface area contributed by atoms with E-state index in [1.807, 2.05) is 36.4 Å². The zero-order valence-corrected chi connectivity index (χ0v) is 19.2. The highest BCUT2D eigenvalue weighted by molar-refractivity contribution is 9.10. The Morgan fingerprint density at radius 3 is 2.31 bits per heavy atom. The number of rotatable bonds is 10. The van der Waals surface area contributed by atoms with Crippen molar-refractivity contribution in [3.05, 3.63) is 91.9 Å². The van der Waals surface area contributed by atoms with Crippen molar-refractivity contribution in [1.29, 1.82) is 0 Å². The minimum Gasteiger partial charge on any atom is -0.493 e. The molecule has 0 saturated carbocycles. The Bertz CT molecular complexity index is 1100. The molecular formula is C23H22BrN3O5. The van der Waals surface area contributed by atoms with E-state index < -0.39 is 4.92 Å². The van der Waals surface area contributed by atoms with E-state index in [-0.39, 0.29) is 5.69 Å². The highest BCUT2D eigenvalue weighted by Crippen LogP contribution is 2.28. The Hall–Kier alpha value is -3.59. The van der Waals surface area contributed by atoms with Gasteiger partial charge >= 0.3 is 0 Å². The van der Waals surface area contributed by atoms with Crippen LogP contribution in [0.1, 0.15) is 16.7 Å². The number of methoxy groups -OCH3 is 2. The van der Waals surface area contributed by atoms with Crippen molar-refractivity contribution in [2.24, 2.45) is 5.10 Å². The summed E-state index contributed by atoms with van der Waals surface area (Å²) in [6.45, 7) is 0.839. The number of hydrogen-bond acceptors (Lipinski definition) is 7. The van der Waals surface area contributed by atoms with Crippen LogP contribution in [0.5, 0.6) is 17.2 Å². The van der Waals surface area contributed by atoms with Crippen LogP contribution >= 0.6 is 15.9 Å². The summed E-state index contributed by atoms with van der Waals surface area (Å²) in [5.74, 6) is 2.02. The molecule has 3 aromatic rings. The van der Waals surface area contributed by atoms with Gasteiger partial charge in [-0.05, 0) is 75.1 Å². The SMILES string of the molecule is COc1ccc(CN/N=C/c2ccc(OCc3ccc([N+](=O)[O-])cc3)c(Br)c2)cc1OC. The van der Waals surface area contributed by atoms with E-state index in [2.05, 4.69) is 26.5 Å². The first kappa shape index (κ1) is 23.1. The number of nitrogens with zero attached hydrogens (tertiary/aromatic N) is 2. The lowest BCUT2D eigenvalue weighted by Crippen LogP contribution is -2.06. The van der Waals surface area contributed by atoms with Gasteiger partial charge in [0, 0.05) is 12.1 Å². The number of nitro benzene ring substituents is 1. The first-order valence-corrected chi connectivity index (χ1v) is 10.4. The summed E-state index contributed by atoms with van der Waals surface area (Å²) in [6, 6.07) is 17.6. The molecule has 0 saturated heterocycles. The summed E-state index contributed by atoms with van der Waals surface area (Å²) in [7, 11) is 3.20. The molecule has 0 radical (unpaired) electrons. The lowest BCUT2D eigenvalue weighted by Gasteiger charge is -2.09.